The minimum Gasteiger partial charge on any atom is -0.347 e. The van der Waals surface area contributed by atoms with Gasteiger partial charge in [0, 0.05) is 24.5 Å². The fourth-order valence-corrected chi connectivity index (χ4v) is 1.59. The average Bonchev–Trinajstić information content (AvgIpc) is 2.30. The molecule has 2 nitrogen and oxygen atoms in total. The molecule has 1 heterocycles. The molecule has 0 spiro atoms. The summed E-state index contributed by atoms with van der Waals surface area (Å²) >= 11 is 0. The first-order valence-electron chi connectivity index (χ1n) is 5.00. The van der Waals surface area contributed by atoms with Crippen molar-refractivity contribution >= 4 is 0 Å². The number of hydrogen-bond acceptors (Lipinski definition) is 1. The van der Waals surface area contributed by atoms with Crippen LogP contribution in [0.3, 0.4) is 0 Å². The van der Waals surface area contributed by atoms with Crippen molar-refractivity contribution in [1.29, 1.82) is 0 Å². The Morgan fingerprint density at radius 3 is 2.20 bits per heavy atom. The van der Waals surface area contributed by atoms with Gasteiger partial charge >= 0.3 is 0 Å². The molecule has 2 aromatic rings. The minimum absolute atomic E-state index is 0.0477. The zero-order valence-electron chi connectivity index (χ0n) is 8.63. The van der Waals surface area contributed by atoms with Gasteiger partial charge in [0.25, 0.3) is 0 Å². The molecule has 2 heteroatoms. The molecule has 1 atom stereocenters. The van der Waals surface area contributed by atoms with E-state index in [9.17, 15) is 4.79 Å². The minimum atomic E-state index is 0.0477. The molecular weight excluding hydrogens is 186 g/mol. The van der Waals surface area contributed by atoms with Crippen LogP contribution in [0.25, 0.3) is 0 Å². The summed E-state index contributed by atoms with van der Waals surface area (Å²) in [5.74, 6) is 0. The van der Waals surface area contributed by atoms with Crippen LogP contribution in [0, 0.1) is 0 Å². The van der Waals surface area contributed by atoms with Crippen molar-refractivity contribution in [1.82, 2.24) is 4.57 Å². The molecule has 0 saturated carbocycles. The lowest BCUT2D eigenvalue weighted by atomic mass is 10.1. The van der Waals surface area contributed by atoms with E-state index in [0.717, 1.165) is 0 Å². The summed E-state index contributed by atoms with van der Waals surface area (Å²) in [6.07, 6.45) is 3.64. The predicted molar refractivity (Wildman–Crippen MR) is 61.0 cm³/mol. The summed E-state index contributed by atoms with van der Waals surface area (Å²) in [6.45, 7) is 2.11. The lowest BCUT2D eigenvalue weighted by Crippen LogP contribution is -2.09. The molecule has 0 aliphatic rings. The molecule has 1 unspecified atom stereocenters. The van der Waals surface area contributed by atoms with Gasteiger partial charge in [-0.15, -0.1) is 0 Å². The van der Waals surface area contributed by atoms with Crippen LogP contribution in [-0.4, -0.2) is 4.57 Å². The maximum absolute atomic E-state index is 11.0. The lowest BCUT2D eigenvalue weighted by Gasteiger charge is -2.15. The highest BCUT2D eigenvalue weighted by molar-refractivity contribution is 5.19. The summed E-state index contributed by atoms with van der Waals surface area (Å²) in [4.78, 5) is 11.0. The first-order chi connectivity index (χ1) is 7.27. The molecule has 0 aliphatic heterocycles. The van der Waals surface area contributed by atoms with E-state index in [1.165, 1.54) is 5.56 Å². The van der Waals surface area contributed by atoms with Crippen molar-refractivity contribution < 1.29 is 0 Å². The molecule has 0 amide bonds. The molecule has 1 aromatic heterocycles. The van der Waals surface area contributed by atoms with E-state index in [1.807, 2.05) is 35.2 Å². The monoisotopic (exact) mass is 199 g/mol. The number of pyridine rings is 1. The quantitative estimate of drug-likeness (QED) is 0.728. The summed E-state index contributed by atoms with van der Waals surface area (Å²) in [7, 11) is 0. The van der Waals surface area contributed by atoms with Gasteiger partial charge in [-0.1, -0.05) is 30.3 Å². The first kappa shape index (κ1) is 9.71. The molecular formula is C13H13NO. The molecule has 0 N–H and O–H groups in total. The zero-order valence-corrected chi connectivity index (χ0v) is 8.63. The maximum atomic E-state index is 11.0. The Labute approximate surface area is 88.8 Å². The molecule has 0 bridgehead atoms. The van der Waals surface area contributed by atoms with Crippen LogP contribution < -0.4 is 5.43 Å². The predicted octanol–water partition coefficient (Wildman–Crippen LogP) is 2.46. The highest BCUT2D eigenvalue weighted by Gasteiger charge is 2.04. The fourth-order valence-electron chi connectivity index (χ4n) is 1.59. The molecule has 0 saturated heterocycles. The Morgan fingerprint density at radius 2 is 1.60 bits per heavy atom. The molecule has 2 rings (SSSR count). The van der Waals surface area contributed by atoms with E-state index in [4.69, 9.17) is 0 Å². The average molecular weight is 199 g/mol. The Morgan fingerprint density at radius 1 is 1.00 bits per heavy atom. The van der Waals surface area contributed by atoms with Crippen molar-refractivity contribution in [2.75, 3.05) is 0 Å². The van der Waals surface area contributed by atoms with Gasteiger partial charge in [0.1, 0.15) is 0 Å². The van der Waals surface area contributed by atoms with E-state index in [1.54, 1.807) is 12.1 Å². The van der Waals surface area contributed by atoms with Crippen molar-refractivity contribution in [3.8, 4) is 0 Å². The van der Waals surface area contributed by atoms with Gasteiger partial charge in [-0.25, -0.2) is 0 Å². The highest BCUT2D eigenvalue weighted by Crippen LogP contribution is 2.15. The van der Waals surface area contributed by atoms with Crippen LogP contribution in [-0.2, 0) is 0 Å². The SMILES string of the molecule is CC(c1ccccc1)n1ccc(=O)cc1. The summed E-state index contributed by atoms with van der Waals surface area (Å²) in [5, 5.41) is 0. The summed E-state index contributed by atoms with van der Waals surface area (Å²) in [6, 6.07) is 13.6. The molecule has 1 aromatic carbocycles. The number of aromatic nitrogens is 1. The molecule has 15 heavy (non-hydrogen) atoms. The van der Waals surface area contributed by atoms with E-state index < -0.39 is 0 Å². The van der Waals surface area contributed by atoms with Gasteiger partial charge < -0.3 is 4.57 Å². The normalized spacial score (nSPS) is 12.3. The van der Waals surface area contributed by atoms with Crippen LogP contribution in [0.4, 0.5) is 0 Å². The second kappa shape index (κ2) is 4.13. The summed E-state index contributed by atoms with van der Waals surface area (Å²) in [5.41, 5.74) is 1.28. The summed E-state index contributed by atoms with van der Waals surface area (Å²) < 4.78 is 2.02. The van der Waals surface area contributed by atoms with Gasteiger partial charge in [0.05, 0.1) is 6.04 Å². The first-order valence-corrected chi connectivity index (χ1v) is 5.00. The third kappa shape index (κ3) is 2.15. The van der Waals surface area contributed by atoms with Gasteiger partial charge in [-0.3, -0.25) is 4.79 Å². The second-order valence-corrected chi connectivity index (χ2v) is 3.57. The third-order valence-electron chi connectivity index (χ3n) is 2.55. The fraction of sp³-hybridized carbons (Fsp3) is 0.154. The van der Waals surface area contributed by atoms with Crippen molar-refractivity contribution in [2.45, 2.75) is 13.0 Å². The topological polar surface area (TPSA) is 22.0 Å². The highest BCUT2D eigenvalue weighted by atomic mass is 16.1. The van der Waals surface area contributed by atoms with Gasteiger partial charge in [-0.2, -0.15) is 0 Å². The molecule has 76 valence electrons. The second-order valence-electron chi connectivity index (χ2n) is 3.57. The molecule has 0 fully saturated rings. The van der Waals surface area contributed by atoms with E-state index in [0.29, 0.717) is 0 Å². The van der Waals surface area contributed by atoms with E-state index in [-0.39, 0.29) is 11.5 Å². The van der Waals surface area contributed by atoms with Crippen LogP contribution in [0.5, 0.6) is 0 Å². The molecule has 0 aliphatic carbocycles. The van der Waals surface area contributed by atoms with Crippen molar-refractivity contribution in [3.05, 3.63) is 70.6 Å². The van der Waals surface area contributed by atoms with E-state index >= 15 is 0 Å². The Hall–Kier alpha value is -1.83. The van der Waals surface area contributed by atoms with E-state index in [2.05, 4.69) is 19.1 Å². The third-order valence-corrected chi connectivity index (χ3v) is 2.55. The Bertz CT molecular complexity index is 467. The smallest absolute Gasteiger partial charge is 0.181 e. The number of hydrogen-bond donors (Lipinski definition) is 0. The van der Waals surface area contributed by atoms with Crippen LogP contribution in [0.2, 0.25) is 0 Å². The Kier molecular flexibility index (Phi) is 2.68. The van der Waals surface area contributed by atoms with Gasteiger partial charge in [-0.05, 0) is 12.5 Å². The number of nitrogens with zero attached hydrogens (tertiary/aromatic N) is 1. The van der Waals surface area contributed by atoms with Crippen molar-refractivity contribution in [3.63, 3.8) is 0 Å². The number of benzene rings is 1. The largest absolute Gasteiger partial charge is 0.347 e. The van der Waals surface area contributed by atoms with Crippen LogP contribution in [0.1, 0.15) is 18.5 Å². The Balaban J connectivity index is 2.32. The van der Waals surface area contributed by atoms with Crippen molar-refractivity contribution in [2.24, 2.45) is 0 Å². The van der Waals surface area contributed by atoms with Gasteiger partial charge in [0.15, 0.2) is 5.43 Å². The zero-order chi connectivity index (χ0) is 10.7. The van der Waals surface area contributed by atoms with Crippen LogP contribution in [0.15, 0.2) is 59.7 Å². The molecule has 0 radical (unpaired) electrons. The number of rotatable bonds is 2. The van der Waals surface area contributed by atoms with Crippen LogP contribution >= 0.6 is 0 Å². The van der Waals surface area contributed by atoms with Gasteiger partial charge in [0.2, 0.25) is 0 Å². The standard InChI is InChI=1S/C13H13NO/c1-11(12-5-3-2-4-6-12)14-9-7-13(15)8-10-14/h2-11H,1H3. The lowest BCUT2D eigenvalue weighted by molar-refractivity contribution is 0.634. The maximum Gasteiger partial charge on any atom is 0.181 e.